The van der Waals surface area contributed by atoms with Gasteiger partial charge < -0.3 is 4.90 Å². The van der Waals surface area contributed by atoms with Crippen LogP contribution in [0.15, 0.2) is 6.33 Å². The summed E-state index contributed by atoms with van der Waals surface area (Å²) in [6.45, 7) is 5.65. The molecule has 1 heterocycles. The molecule has 0 unspecified atom stereocenters. The molecule has 0 aliphatic carbocycles. The van der Waals surface area contributed by atoms with Crippen LogP contribution in [0.3, 0.4) is 0 Å². The van der Waals surface area contributed by atoms with Crippen LogP contribution in [0, 0.1) is 10.1 Å². The number of nitro groups is 1. The van der Waals surface area contributed by atoms with Gasteiger partial charge >= 0.3 is 5.69 Å². The molecule has 0 saturated carbocycles. The van der Waals surface area contributed by atoms with Crippen LogP contribution in [0.5, 0.6) is 0 Å². The van der Waals surface area contributed by atoms with Gasteiger partial charge in [-0.15, -0.1) is 0 Å². The third-order valence-electron chi connectivity index (χ3n) is 2.80. The highest BCUT2D eigenvalue weighted by molar-refractivity contribution is 6.31. The fraction of sp³-hybridized carbons (Fsp3) is 0.667. The fourth-order valence-electron chi connectivity index (χ4n) is 1.76. The molecule has 0 aliphatic heterocycles. The number of unbranched alkanes of at least 4 members (excludes halogenated alkanes) is 2. The first-order valence-corrected chi connectivity index (χ1v) is 6.89. The summed E-state index contributed by atoms with van der Waals surface area (Å²) in [7, 11) is 0. The van der Waals surface area contributed by atoms with E-state index in [2.05, 4.69) is 23.8 Å². The lowest BCUT2D eigenvalue weighted by Crippen LogP contribution is -2.27. The van der Waals surface area contributed by atoms with Gasteiger partial charge in [0.1, 0.15) is 6.33 Å². The zero-order chi connectivity index (χ0) is 14.3. The van der Waals surface area contributed by atoms with Crippen LogP contribution < -0.4 is 4.90 Å². The second kappa shape index (κ2) is 7.89. The predicted octanol–water partition coefficient (Wildman–Crippen LogP) is 3.44. The van der Waals surface area contributed by atoms with Gasteiger partial charge in [-0.05, 0) is 12.8 Å². The van der Waals surface area contributed by atoms with E-state index < -0.39 is 4.92 Å². The lowest BCUT2D eigenvalue weighted by molar-refractivity contribution is -0.384. The molecule has 19 heavy (non-hydrogen) atoms. The van der Waals surface area contributed by atoms with Gasteiger partial charge in [-0.3, -0.25) is 10.1 Å². The zero-order valence-corrected chi connectivity index (χ0v) is 12.1. The molecule has 0 fully saturated rings. The van der Waals surface area contributed by atoms with E-state index >= 15 is 0 Å². The standard InChI is InChI=1S/C12H19ClN4O2/c1-3-5-7-16(8-6-4-2)12-10(17(18)19)11(13)14-9-15-12/h9H,3-8H2,1-2H3. The predicted molar refractivity (Wildman–Crippen MR) is 75.7 cm³/mol. The lowest BCUT2D eigenvalue weighted by Gasteiger charge is -2.22. The Morgan fingerprint density at radius 2 is 1.84 bits per heavy atom. The Kier molecular flexibility index (Phi) is 6.49. The molecular weight excluding hydrogens is 268 g/mol. The number of hydrogen-bond donors (Lipinski definition) is 0. The minimum atomic E-state index is -0.511. The van der Waals surface area contributed by atoms with E-state index in [0.29, 0.717) is 5.82 Å². The van der Waals surface area contributed by atoms with E-state index in [0.717, 1.165) is 38.8 Å². The average molecular weight is 287 g/mol. The Morgan fingerprint density at radius 3 is 2.32 bits per heavy atom. The van der Waals surface area contributed by atoms with E-state index in [1.165, 1.54) is 6.33 Å². The third-order valence-corrected chi connectivity index (χ3v) is 3.08. The van der Waals surface area contributed by atoms with E-state index in [-0.39, 0.29) is 10.8 Å². The first-order valence-electron chi connectivity index (χ1n) is 6.51. The number of nitrogens with zero attached hydrogens (tertiary/aromatic N) is 4. The number of halogens is 1. The summed E-state index contributed by atoms with van der Waals surface area (Å²) in [5.41, 5.74) is -0.198. The van der Waals surface area contributed by atoms with Crippen LogP contribution in [0.4, 0.5) is 11.5 Å². The summed E-state index contributed by atoms with van der Waals surface area (Å²) in [5, 5.41) is 11.0. The maximum atomic E-state index is 11.1. The normalized spacial score (nSPS) is 10.5. The van der Waals surface area contributed by atoms with Crippen LogP contribution in [0.2, 0.25) is 5.15 Å². The molecule has 0 bridgehead atoms. The molecular formula is C12H19ClN4O2. The molecule has 0 N–H and O–H groups in total. The average Bonchev–Trinajstić information content (AvgIpc) is 2.38. The molecule has 1 aromatic rings. The van der Waals surface area contributed by atoms with Crippen LogP contribution in [0.1, 0.15) is 39.5 Å². The maximum Gasteiger partial charge on any atom is 0.348 e. The Hall–Kier alpha value is -1.43. The molecule has 0 saturated heterocycles. The van der Waals surface area contributed by atoms with Crippen molar-refractivity contribution in [1.82, 2.24) is 9.97 Å². The SMILES string of the molecule is CCCCN(CCCC)c1ncnc(Cl)c1[N+](=O)[O-]. The summed E-state index contributed by atoms with van der Waals surface area (Å²) in [6.07, 6.45) is 5.24. The Morgan fingerprint density at radius 1 is 1.26 bits per heavy atom. The van der Waals surface area contributed by atoms with E-state index in [1.54, 1.807) is 0 Å². The minimum absolute atomic E-state index is 0.104. The summed E-state index contributed by atoms with van der Waals surface area (Å²) in [4.78, 5) is 20.3. The molecule has 0 amide bonds. The number of hydrogen-bond acceptors (Lipinski definition) is 5. The molecule has 0 radical (unpaired) electrons. The van der Waals surface area contributed by atoms with Gasteiger partial charge in [0.25, 0.3) is 0 Å². The second-order valence-electron chi connectivity index (χ2n) is 4.29. The first kappa shape index (κ1) is 15.6. The minimum Gasteiger partial charge on any atom is -0.351 e. The van der Waals surface area contributed by atoms with Crippen molar-refractivity contribution in [3.8, 4) is 0 Å². The molecule has 1 aromatic heterocycles. The monoisotopic (exact) mass is 286 g/mol. The molecule has 1 rings (SSSR count). The van der Waals surface area contributed by atoms with Crippen molar-refractivity contribution in [2.75, 3.05) is 18.0 Å². The quantitative estimate of drug-likeness (QED) is 0.416. The van der Waals surface area contributed by atoms with Crippen molar-refractivity contribution >= 4 is 23.1 Å². The van der Waals surface area contributed by atoms with Crippen molar-refractivity contribution in [1.29, 1.82) is 0 Å². The van der Waals surface area contributed by atoms with Crippen LogP contribution in [0.25, 0.3) is 0 Å². The van der Waals surface area contributed by atoms with Crippen molar-refractivity contribution < 1.29 is 4.92 Å². The molecule has 0 spiro atoms. The fourth-order valence-corrected chi connectivity index (χ4v) is 1.96. The first-order chi connectivity index (χ1) is 9.11. The number of rotatable bonds is 8. The van der Waals surface area contributed by atoms with Gasteiger partial charge in [-0.2, -0.15) is 0 Å². The molecule has 106 valence electrons. The second-order valence-corrected chi connectivity index (χ2v) is 4.65. The van der Waals surface area contributed by atoms with E-state index in [1.807, 2.05) is 4.90 Å². The number of anilines is 1. The summed E-state index contributed by atoms with van der Waals surface area (Å²) < 4.78 is 0. The van der Waals surface area contributed by atoms with Gasteiger partial charge in [0.15, 0.2) is 0 Å². The van der Waals surface area contributed by atoms with Crippen molar-refractivity contribution in [3.05, 3.63) is 21.6 Å². The van der Waals surface area contributed by atoms with Gasteiger partial charge in [-0.25, -0.2) is 9.97 Å². The molecule has 0 aliphatic rings. The largest absolute Gasteiger partial charge is 0.351 e. The highest BCUT2D eigenvalue weighted by Gasteiger charge is 2.25. The Balaban J connectivity index is 3.06. The molecule has 0 atom stereocenters. The summed E-state index contributed by atoms with van der Waals surface area (Å²) in [5.74, 6) is 0.326. The van der Waals surface area contributed by atoms with Gasteiger partial charge in [0.2, 0.25) is 11.0 Å². The van der Waals surface area contributed by atoms with Crippen LogP contribution in [-0.2, 0) is 0 Å². The molecule has 6 nitrogen and oxygen atoms in total. The smallest absolute Gasteiger partial charge is 0.348 e. The van der Waals surface area contributed by atoms with Gasteiger partial charge in [-0.1, -0.05) is 38.3 Å². The van der Waals surface area contributed by atoms with Crippen molar-refractivity contribution in [2.45, 2.75) is 39.5 Å². The highest BCUT2D eigenvalue weighted by atomic mass is 35.5. The maximum absolute atomic E-state index is 11.1. The van der Waals surface area contributed by atoms with E-state index in [9.17, 15) is 10.1 Å². The Bertz CT molecular complexity index is 420. The lowest BCUT2D eigenvalue weighted by atomic mass is 10.2. The molecule has 7 heteroatoms. The van der Waals surface area contributed by atoms with Crippen molar-refractivity contribution in [3.63, 3.8) is 0 Å². The van der Waals surface area contributed by atoms with Crippen LogP contribution in [-0.4, -0.2) is 28.0 Å². The molecule has 0 aromatic carbocycles. The summed E-state index contributed by atoms with van der Waals surface area (Å²) in [6, 6.07) is 0. The Labute approximate surface area is 118 Å². The zero-order valence-electron chi connectivity index (χ0n) is 11.3. The van der Waals surface area contributed by atoms with Gasteiger partial charge in [0, 0.05) is 13.1 Å². The highest BCUT2D eigenvalue weighted by Crippen LogP contribution is 2.31. The van der Waals surface area contributed by atoms with Gasteiger partial charge in [0.05, 0.1) is 4.92 Å². The topological polar surface area (TPSA) is 72.2 Å². The van der Waals surface area contributed by atoms with E-state index in [4.69, 9.17) is 11.6 Å². The van der Waals surface area contributed by atoms with Crippen LogP contribution >= 0.6 is 11.6 Å². The third kappa shape index (κ3) is 4.31. The summed E-state index contributed by atoms with van der Waals surface area (Å²) >= 11 is 5.82. The number of aromatic nitrogens is 2. The van der Waals surface area contributed by atoms with Crippen molar-refractivity contribution in [2.24, 2.45) is 0 Å².